The summed E-state index contributed by atoms with van der Waals surface area (Å²) in [6.45, 7) is 4.23. The Kier molecular flexibility index (Phi) is 5.14. The number of rotatable bonds is 4. The standard InChI is InChI=1S/C20H19Cl2N5/c1-13-2-5-19(23-9-13)27-7-6-18-16(11-27)20(26-12-25-18)24-10-14-3-4-15(21)8-17(14)22/h2-5,8-9,12H,6-7,10-11H2,1H3,(H,24,25,26). The van der Waals surface area contributed by atoms with Crippen molar-refractivity contribution in [1.29, 1.82) is 0 Å². The minimum Gasteiger partial charge on any atom is -0.366 e. The van der Waals surface area contributed by atoms with E-state index in [4.69, 9.17) is 23.2 Å². The van der Waals surface area contributed by atoms with Gasteiger partial charge >= 0.3 is 0 Å². The third-order valence-electron chi connectivity index (χ3n) is 4.68. The van der Waals surface area contributed by atoms with Crippen LogP contribution in [-0.2, 0) is 19.5 Å². The van der Waals surface area contributed by atoms with Crippen LogP contribution in [0.5, 0.6) is 0 Å². The zero-order chi connectivity index (χ0) is 18.8. The molecule has 0 saturated heterocycles. The fourth-order valence-electron chi connectivity index (χ4n) is 3.18. The van der Waals surface area contributed by atoms with Crippen LogP contribution < -0.4 is 10.2 Å². The Morgan fingerprint density at radius 2 is 2.00 bits per heavy atom. The van der Waals surface area contributed by atoms with Crippen LogP contribution in [0.1, 0.15) is 22.4 Å². The number of aryl methyl sites for hydroxylation is 1. The lowest BCUT2D eigenvalue weighted by Gasteiger charge is -2.30. The van der Waals surface area contributed by atoms with Gasteiger partial charge < -0.3 is 10.2 Å². The molecular formula is C20H19Cl2N5. The highest BCUT2D eigenvalue weighted by Gasteiger charge is 2.22. The molecule has 0 spiro atoms. The molecule has 4 rings (SSSR count). The number of aromatic nitrogens is 3. The van der Waals surface area contributed by atoms with Crippen molar-refractivity contribution in [3.8, 4) is 0 Å². The van der Waals surface area contributed by atoms with Crippen molar-refractivity contribution in [1.82, 2.24) is 15.0 Å². The molecule has 0 saturated carbocycles. The summed E-state index contributed by atoms with van der Waals surface area (Å²) < 4.78 is 0. The topological polar surface area (TPSA) is 53.9 Å². The van der Waals surface area contributed by atoms with E-state index < -0.39 is 0 Å². The molecule has 1 N–H and O–H groups in total. The Bertz CT molecular complexity index is 959. The van der Waals surface area contributed by atoms with Crippen molar-refractivity contribution in [3.05, 3.63) is 75.3 Å². The normalized spacial score (nSPS) is 13.4. The lowest BCUT2D eigenvalue weighted by molar-refractivity contribution is 0.697. The first-order valence-electron chi connectivity index (χ1n) is 8.78. The summed E-state index contributed by atoms with van der Waals surface area (Å²) in [5, 5.41) is 4.68. The van der Waals surface area contributed by atoms with Gasteiger partial charge in [-0.1, -0.05) is 35.3 Å². The van der Waals surface area contributed by atoms with Crippen molar-refractivity contribution in [3.63, 3.8) is 0 Å². The summed E-state index contributed by atoms with van der Waals surface area (Å²) in [5.74, 6) is 1.81. The van der Waals surface area contributed by atoms with Gasteiger partial charge in [0.05, 0.1) is 5.69 Å². The second kappa shape index (κ2) is 7.71. The highest BCUT2D eigenvalue weighted by molar-refractivity contribution is 6.35. The highest BCUT2D eigenvalue weighted by Crippen LogP contribution is 2.27. The van der Waals surface area contributed by atoms with Gasteiger partial charge in [0.2, 0.25) is 0 Å². The molecule has 2 aromatic heterocycles. The van der Waals surface area contributed by atoms with Crippen molar-refractivity contribution in [2.75, 3.05) is 16.8 Å². The van der Waals surface area contributed by atoms with Gasteiger partial charge in [0.1, 0.15) is 18.0 Å². The van der Waals surface area contributed by atoms with Crippen LogP contribution in [0.25, 0.3) is 0 Å². The first-order valence-corrected chi connectivity index (χ1v) is 9.54. The van der Waals surface area contributed by atoms with E-state index in [1.807, 2.05) is 25.3 Å². The minimum absolute atomic E-state index is 0.572. The Morgan fingerprint density at radius 3 is 2.78 bits per heavy atom. The fraction of sp³-hybridized carbons (Fsp3) is 0.250. The van der Waals surface area contributed by atoms with Crippen LogP contribution >= 0.6 is 23.2 Å². The molecule has 3 aromatic rings. The Balaban J connectivity index is 1.55. The SMILES string of the molecule is Cc1ccc(N2CCc3ncnc(NCc4ccc(Cl)cc4Cl)c3C2)nc1. The number of pyridine rings is 1. The fourth-order valence-corrected chi connectivity index (χ4v) is 3.66. The van der Waals surface area contributed by atoms with E-state index in [-0.39, 0.29) is 0 Å². The van der Waals surface area contributed by atoms with E-state index in [2.05, 4.69) is 37.3 Å². The summed E-state index contributed by atoms with van der Waals surface area (Å²) in [6, 6.07) is 9.66. The molecule has 1 aliphatic heterocycles. The van der Waals surface area contributed by atoms with Crippen molar-refractivity contribution >= 4 is 34.8 Å². The second-order valence-corrected chi connectivity index (χ2v) is 7.45. The van der Waals surface area contributed by atoms with E-state index in [1.165, 1.54) is 0 Å². The van der Waals surface area contributed by atoms with Gasteiger partial charge in [-0.25, -0.2) is 15.0 Å². The first kappa shape index (κ1) is 18.0. The minimum atomic E-state index is 0.572. The molecule has 27 heavy (non-hydrogen) atoms. The van der Waals surface area contributed by atoms with Crippen LogP contribution in [-0.4, -0.2) is 21.5 Å². The number of hydrogen-bond donors (Lipinski definition) is 1. The number of benzene rings is 1. The molecular weight excluding hydrogens is 381 g/mol. The molecule has 0 amide bonds. The quantitative estimate of drug-likeness (QED) is 0.690. The van der Waals surface area contributed by atoms with E-state index in [9.17, 15) is 0 Å². The zero-order valence-electron chi connectivity index (χ0n) is 14.9. The maximum Gasteiger partial charge on any atom is 0.134 e. The molecule has 0 bridgehead atoms. The molecule has 1 aliphatic rings. The average molecular weight is 400 g/mol. The Morgan fingerprint density at radius 1 is 1.11 bits per heavy atom. The largest absolute Gasteiger partial charge is 0.366 e. The first-order chi connectivity index (χ1) is 13.1. The van der Waals surface area contributed by atoms with Gasteiger partial charge in [0.15, 0.2) is 0 Å². The summed E-state index contributed by atoms with van der Waals surface area (Å²) >= 11 is 12.3. The van der Waals surface area contributed by atoms with Gasteiger partial charge in [-0.05, 0) is 36.2 Å². The molecule has 0 unspecified atom stereocenters. The molecule has 1 aromatic carbocycles. The maximum absolute atomic E-state index is 6.28. The van der Waals surface area contributed by atoms with Crippen molar-refractivity contribution in [2.24, 2.45) is 0 Å². The third kappa shape index (κ3) is 3.99. The van der Waals surface area contributed by atoms with Crippen LogP contribution in [0.4, 0.5) is 11.6 Å². The number of halogens is 2. The van der Waals surface area contributed by atoms with Crippen molar-refractivity contribution in [2.45, 2.75) is 26.4 Å². The third-order valence-corrected chi connectivity index (χ3v) is 5.27. The summed E-state index contributed by atoms with van der Waals surface area (Å²) in [4.78, 5) is 15.7. The Labute approximate surface area is 168 Å². The number of nitrogens with one attached hydrogen (secondary N) is 1. The van der Waals surface area contributed by atoms with Gasteiger partial charge in [0, 0.05) is 47.9 Å². The molecule has 0 aliphatic carbocycles. The molecule has 5 nitrogen and oxygen atoms in total. The smallest absolute Gasteiger partial charge is 0.134 e. The van der Waals surface area contributed by atoms with Crippen LogP contribution in [0, 0.1) is 6.92 Å². The monoisotopic (exact) mass is 399 g/mol. The molecule has 3 heterocycles. The van der Waals surface area contributed by atoms with Gasteiger partial charge in [0.25, 0.3) is 0 Å². The average Bonchev–Trinajstić information content (AvgIpc) is 2.67. The van der Waals surface area contributed by atoms with E-state index >= 15 is 0 Å². The van der Waals surface area contributed by atoms with Crippen LogP contribution in [0.2, 0.25) is 10.0 Å². The molecule has 0 radical (unpaired) electrons. The summed E-state index contributed by atoms with van der Waals surface area (Å²) in [6.07, 6.45) is 4.38. The lowest BCUT2D eigenvalue weighted by Crippen LogP contribution is -2.32. The number of nitrogens with zero attached hydrogens (tertiary/aromatic N) is 4. The summed E-state index contributed by atoms with van der Waals surface area (Å²) in [5.41, 5.74) is 4.32. The second-order valence-electron chi connectivity index (χ2n) is 6.60. The lowest BCUT2D eigenvalue weighted by atomic mass is 10.1. The van der Waals surface area contributed by atoms with Gasteiger partial charge in [-0.2, -0.15) is 0 Å². The zero-order valence-corrected chi connectivity index (χ0v) is 16.4. The molecule has 7 heteroatoms. The number of fused-ring (bicyclic) bond motifs is 1. The van der Waals surface area contributed by atoms with Gasteiger partial charge in [-0.3, -0.25) is 0 Å². The van der Waals surface area contributed by atoms with E-state index in [0.29, 0.717) is 16.6 Å². The van der Waals surface area contributed by atoms with Crippen molar-refractivity contribution < 1.29 is 0 Å². The van der Waals surface area contributed by atoms with E-state index in [1.54, 1.807) is 12.4 Å². The molecule has 0 atom stereocenters. The van der Waals surface area contributed by atoms with E-state index in [0.717, 1.165) is 53.5 Å². The predicted octanol–water partition coefficient (Wildman–Crippen LogP) is 4.66. The van der Waals surface area contributed by atoms with Crippen LogP contribution in [0.3, 0.4) is 0 Å². The number of anilines is 2. The number of hydrogen-bond acceptors (Lipinski definition) is 5. The highest BCUT2D eigenvalue weighted by atomic mass is 35.5. The Hall–Kier alpha value is -2.37. The molecule has 138 valence electrons. The summed E-state index contributed by atoms with van der Waals surface area (Å²) in [7, 11) is 0. The molecule has 0 fully saturated rings. The predicted molar refractivity (Wildman–Crippen MR) is 110 cm³/mol. The van der Waals surface area contributed by atoms with Crippen LogP contribution in [0.15, 0.2) is 42.9 Å². The maximum atomic E-state index is 6.28. The van der Waals surface area contributed by atoms with Gasteiger partial charge in [-0.15, -0.1) is 0 Å².